The summed E-state index contributed by atoms with van der Waals surface area (Å²) in [4.78, 5) is 39.1. The third-order valence-corrected chi connectivity index (χ3v) is 5.99. The molecule has 0 spiro atoms. The zero-order valence-corrected chi connectivity index (χ0v) is 21.3. The van der Waals surface area contributed by atoms with Gasteiger partial charge >= 0.3 is 24.3 Å². The van der Waals surface area contributed by atoms with E-state index in [2.05, 4.69) is 16.0 Å². The highest BCUT2D eigenvalue weighted by atomic mass is 32.1. The molecule has 40 heavy (non-hydrogen) atoms. The molecule has 0 saturated carbocycles. The Hall–Kier alpha value is -4.28. The Balaban J connectivity index is 0.000000333. The summed E-state index contributed by atoms with van der Waals surface area (Å²) in [6.45, 7) is 2.90. The van der Waals surface area contributed by atoms with Crippen LogP contribution in [0.15, 0.2) is 42.5 Å². The number of carbonyl (C=O) groups is 3. The first-order valence-electron chi connectivity index (χ1n) is 11.0. The van der Waals surface area contributed by atoms with Crippen LogP contribution in [-0.2, 0) is 9.59 Å². The number of aliphatic carboxylic acids is 2. The lowest BCUT2D eigenvalue weighted by Gasteiger charge is -2.36. The second-order valence-corrected chi connectivity index (χ2v) is 8.85. The Bertz CT molecular complexity index is 1320. The highest BCUT2D eigenvalue weighted by Crippen LogP contribution is 2.29. The van der Waals surface area contributed by atoms with Crippen molar-refractivity contribution < 1.29 is 55.7 Å². The fourth-order valence-electron chi connectivity index (χ4n) is 3.30. The van der Waals surface area contributed by atoms with Gasteiger partial charge in [0, 0.05) is 31.7 Å². The van der Waals surface area contributed by atoms with Crippen molar-refractivity contribution in [3.05, 3.63) is 48.0 Å². The normalized spacial score (nSPS) is 13.5. The summed E-state index contributed by atoms with van der Waals surface area (Å²) in [6.07, 6.45) is -10.2. The van der Waals surface area contributed by atoms with Crippen molar-refractivity contribution in [3.8, 4) is 5.75 Å². The summed E-state index contributed by atoms with van der Waals surface area (Å²) in [5.41, 5.74) is 8.26. The number of aromatic nitrogens is 1. The van der Waals surface area contributed by atoms with Gasteiger partial charge in [-0.1, -0.05) is 23.5 Å². The van der Waals surface area contributed by atoms with E-state index in [1.54, 1.807) is 7.11 Å². The summed E-state index contributed by atoms with van der Waals surface area (Å²) in [5.74, 6) is -4.61. The van der Waals surface area contributed by atoms with Crippen molar-refractivity contribution in [3.63, 3.8) is 0 Å². The fourth-order valence-corrected chi connectivity index (χ4v) is 4.02. The Morgan fingerprint density at radius 2 is 1.45 bits per heavy atom. The third kappa shape index (κ3) is 8.89. The first-order valence-corrected chi connectivity index (χ1v) is 11.8. The average Bonchev–Trinajstić information content (AvgIpc) is 3.27. The quantitative estimate of drug-likeness (QED) is 0.380. The number of carboxylic acid groups (broad SMARTS) is 2. The number of carbonyl (C=O) groups excluding carboxylic acids is 1. The number of fused-ring (bicyclic) bond motifs is 1. The number of anilines is 2. The Kier molecular flexibility index (Phi) is 10.5. The van der Waals surface area contributed by atoms with Crippen LogP contribution in [0.25, 0.3) is 10.2 Å². The van der Waals surface area contributed by atoms with Crippen molar-refractivity contribution in [2.24, 2.45) is 0 Å². The molecule has 3 aromatic rings. The number of rotatable bonds is 3. The van der Waals surface area contributed by atoms with Crippen LogP contribution in [-0.4, -0.2) is 83.6 Å². The molecule has 0 bridgehead atoms. The lowest BCUT2D eigenvalue weighted by Crippen LogP contribution is -2.48. The van der Waals surface area contributed by atoms with E-state index in [4.69, 9.17) is 30.3 Å². The SMILES string of the molecule is COc1ccccc1N1CCN(C(=O)c2ccc3sc(N)nc3c2)CC1.O=C(O)C(F)(F)F.O=C(O)C(F)(F)F. The molecule has 4 N–H and O–H groups in total. The van der Waals surface area contributed by atoms with Crippen LogP contribution < -0.4 is 15.4 Å². The number of hydrogen-bond donors (Lipinski definition) is 3. The largest absolute Gasteiger partial charge is 0.495 e. The average molecular weight is 597 g/mol. The Labute approximate surface area is 226 Å². The molecule has 1 aromatic heterocycles. The van der Waals surface area contributed by atoms with Crippen LogP contribution in [0.2, 0.25) is 0 Å². The van der Waals surface area contributed by atoms with Gasteiger partial charge in [-0.2, -0.15) is 26.3 Å². The maximum Gasteiger partial charge on any atom is 0.490 e. The molecular weight excluding hydrogens is 574 g/mol. The molecule has 0 radical (unpaired) electrons. The summed E-state index contributed by atoms with van der Waals surface area (Å²) >= 11 is 1.43. The minimum atomic E-state index is -5.08. The van der Waals surface area contributed by atoms with Crippen molar-refractivity contribution in [2.75, 3.05) is 43.9 Å². The number of ether oxygens (including phenoxy) is 1. The molecule has 1 fully saturated rings. The van der Waals surface area contributed by atoms with Crippen LogP contribution in [0.5, 0.6) is 5.75 Å². The van der Waals surface area contributed by atoms with E-state index in [0.717, 1.165) is 34.7 Å². The molecule has 1 aliphatic heterocycles. The number of nitrogens with two attached hydrogens (primary N) is 1. The van der Waals surface area contributed by atoms with E-state index in [-0.39, 0.29) is 5.91 Å². The van der Waals surface area contributed by atoms with Gasteiger partial charge in [0.25, 0.3) is 5.91 Å². The topological polar surface area (TPSA) is 146 Å². The van der Waals surface area contributed by atoms with E-state index in [9.17, 15) is 31.1 Å². The molecule has 0 unspecified atom stereocenters. The minimum Gasteiger partial charge on any atom is -0.495 e. The molecule has 1 amide bonds. The number of hydrogen-bond acceptors (Lipinski definition) is 8. The van der Waals surface area contributed by atoms with Gasteiger partial charge in [-0.3, -0.25) is 4.79 Å². The van der Waals surface area contributed by atoms with Gasteiger partial charge in [-0.05, 0) is 30.3 Å². The van der Waals surface area contributed by atoms with E-state index < -0.39 is 24.3 Å². The highest BCUT2D eigenvalue weighted by molar-refractivity contribution is 7.22. The fraction of sp³-hybridized carbons (Fsp3) is 0.304. The lowest BCUT2D eigenvalue weighted by atomic mass is 10.1. The maximum atomic E-state index is 12.8. The van der Waals surface area contributed by atoms with Gasteiger partial charge in [0.05, 0.1) is 23.0 Å². The number of carboxylic acids is 2. The number of piperazine rings is 1. The zero-order chi connectivity index (χ0) is 30.3. The van der Waals surface area contributed by atoms with Crippen LogP contribution in [0.3, 0.4) is 0 Å². The number of halogens is 6. The van der Waals surface area contributed by atoms with Crippen molar-refractivity contribution in [1.29, 1.82) is 0 Å². The smallest absolute Gasteiger partial charge is 0.490 e. The number of nitrogens with zero attached hydrogens (tertiary/aromatic N) is 3. The molecular formula is C23H22F6N4O6S. The first-order chi connectivity index (χ1) is 18.5. The van der Waals surface area contributed by atoms with E-state index >= 15 is 0 Å². The van der Waals surface area contributed by atoms with Crippen LogP contribution in [0.1, 0.15) is 10.4 Å². The maximum absolute atomic E-state index is 12.8. The number of para-hydroxylation sites is 2. The van der Waals surface area contributed by atoms with Crippen LogP contribution in [0, 0.1) is 0 Å². The van der Waals surface area contributed by atoms with Gasteiger partial charge < -0.3 is 30.5 Å². The minimum absolute atomic E-state index is 0.0400. The van der Waals surface area contributed by atoms with Gasteiger partial charge in [0.1, 0.15) is 5.75 Å². The lowest BCUT2D eigenvalue weighted by molar-refractivity contribution is -0.193. The number of nitrogen functional groups attached to an aromatic ring is 1. The first kappa shape index (κ1) is 31.9. The molecule has 218 valence electrons. The molecule has 10 nitrogen and oxygen atoms in total. The number of amides is 1. The predicted molar refractivity (Wildman–Crippen MR) is 133 cm³/mol. The Morgan fingerprint density at radius 3 is 1.95 bits per heavy atom. The van der Waals surface area contributed by atoms with Crippen molar-refractivity contribution in [2.45, 2.75) is 12.4 Å². The second kappa shape index (κ2) is 13.2. The van der Waals surface area contributed by atoms with E-state index in [0.29, 0.717) is 23.8 Å². The number of benzene rings is 2. The molecule has 4 rings (SSSR count). The Morgan fingerprint density at radius 1 is 0.925 bits per heavy atom. The number of alkyl halides is 6. The molecule has 1 aliphatic rings. The summed E-state index contributed by atoms with van der Waals surface area (Å²) < 4.78 is 69.9. The van der Waals surface area contributed by atoms with E-state index in [1.807, 2.05) is 41.3 Å². The second-order valence-electron chi connectivity index (χ2n) is 7.79. The summed E-state index contributed by atoms with van der Waals surface area (Å²) in [6, 6.07) is 13.6. The molecule has 2 aromatic carbocycles. The monoisotopic (exact) mass is 596 g/mol. The zero-order valence-electron chi connectivity index (χ0n) is 20.5. The molecule has 17 heteroatoms. The van der Waals surface area contributed by atoms with Crippen LogP contribution in [0.4, 0.5) is 37.2 Å². The molecule has 2 heterocycles. The van der Waals surface area contributed by atoms with Gasteiger partial charge in [0.2, 0.25) is 0 Å². The van der Waals surface area contributed by atoms with Crippen molar-refractivity contribution >= 4 is 50.2 Å². The van der Waals surface area contributed by atoms with Gasteiger partial charge in [-0.15, -0.1) is 0 Å². The standard InChI is InChI=1S/C19H20N4O2S.2C2HF3O2/c1-25-16-5-3-2-4-15(16)22-8-10-23(11-9-22)18(24)13-6-7-17-14(12-13)21-19(20)26-17;2*3-2(4,5)1(6)7/h2-7,12H,8-11H2,1H3,(H2,20,21);2*(H,6,7). The molecule has 0 aliphatic carbocycles. The molecule has 1 saturated heterocycles. The highest BCUT2D eigenvalue weighted by Gasteiger charge is 2.38. The predicted octanol–water partition coefficient (Wildman–Crippen LogP) is 4.12. The van der Waals surface area contributed by atoms with Crippen LogP contribution >= 0.6 is 11.3 Å². The van der Waals surface area contributed by atoms with Gasteiger partial charge in [-0.25, -0.2) is 14.6 Å². The number of thiazole rings is 1. The molecule has 0 atom stereocenters. The summed E-state index contributed by atoms with van der Waals surface area (Å²) in [5, 5.41) is 14.8. The summed E-state index contributed by atoms with van der Waals surface area (Å²) in [7, 11) is 1.68. The van der Waals surface area contributed by atoms with Gasteiger partial charge in [0.15, 0.2) is 5.13 Å². The number of methoxy groups -OCH3 is 1. The van der Waals surface area contributed by atoms with E-state index in [1.165, 1.54) is 11.3 Å². The van der Waals surface area contributed by atoms with Crippen molar-refractivity contribution in [1.82, 2.24) is 9.88 Å². The third-order valence-electron chi connectivity index (χ3n) is 5.13.